The molecule has 0 radical (unpaired) electrons. The van der Waals surface area contributed by atoms with Gasteiger partial charge in [0.25, 0.3) is 11.8 Å². The number of alkyl halides is 2. The third-order valence-electron chi connectivity index (χ3n) is 6.69. The van der Waals surface area contributed by atoms with Crippen molar-refractivity contribution in [2.75, 3.05) is 29.6 Å². The molecule has 2 aliphatic rings. The molecule has 2 fully saturated rings. The average Bonchev–Trinajstić information content (AvgIpc) is 2.91. The molecule has 1 aromatic heterocycles. The van der Waals surface area contributed by atoms with E-state index in [4.69, 9.17) is 16.3 Å². The van der Waals surface area contributed by atoms with Crippen molar-refractivity contribution in [3.8, 4) is 0 Å². The van der Waals surface area contributed by atoms with Crippen LogP contribution >= 0.6 is 11.6 Å². The second-order valence-electron chi connectivity index (χ2n) is 9.41. The number of nitrogens with one attached hydrogen (secondary N) is 1. The maximum absolute atomic E-state index is 14.5. The van der Waals surface area contributed by atoms with Gasteiger partial charge in [0, 0.05) is 54.1 Å². The van der Waals surface area contributed by atoms with E-state index in [-0.39, 0.29) is 35.4 Å². The Balaban J connectivity index is 1.59. The van der Waals surface area contributed by atoms with Crippen molar-refractivity contribution in [1.82, 2.24) is 15.3 Å². The highest BCUT2D eigenvalue weighted by atomic mass is 35.5. The molecular formula is C27H25ClF3N5O3. The van der Waals surface area contributed by atoms with E-state index < -0.39 is 54.5 Å². The van der Waals surface area contributed by atoms with Crippen LogP contribution in [0.15, 0.2) is 67.0 Å². The molecule has 204 valence electrons. The van der Waals surface area contributed by atoms with Gasteiger partial charge in [-0.05, 0) is 30.3 Å². The molecule has 3 aromatic rings. The van der Waals surface area contributed by atoms with Crippen LogP contribution in [0.4, 0.5) is 24.8 Å². The minimum Gasteiger partial charge on any atom is -0.377 e. The van der Waals surface area contributed by atoms with E-state index in [1.54, 1.807) is 35.2 Å². The van der Waals surface area contributed by atoms with Crippen LogP contribution in [0.2, 0.25) is 5.02 Å². The smallest absolute Gasteiger partial charge is 0.253 e. The summed E-state index contributed by atoms with van der Waals surface area (Å²) in [5, 5.41) is 2.80. The van der Waals surface area contributed by atoms with Crippen molar-refractivity contribution >= 4 is 35.1 Å². The molecule has 1 N–H and O–H groups in total. The zero-order valence-corrected chi connectivity index (χ0v) is 21.4. The highest BCUT2D eigenvalue weighted by molar-refractivity contribution is 6.31. The molecule has 1 unspecified atom stereocenters. The number of halogens is 4. The summed E-state index contributed by atoms with van der Waals surface area (Å²) in [6.07, 6.45) is 2.05. The Labute approximate surface area is 227 Å². The highest BCUT2D eigenvalue weighted by Crippen LogP contribution is 2.39. The van der Waals surface area contributed by atoms with Crippen LogP contribution in [0.1, 0.15) is 24.4 Å². The molecule has 5 rings (SSSR count). The van der Waals surface area contributed by atoms with Gasteiger partial charge in [0.1, 0.15) is 17.9 Å². The van der Waals surface area contributed by atoms with Gasteiger partial charge < -0.3 is 15.0 Å². The molecule has 1 saturated heterocycles. The number of rotatable bonds is 7. The van der Waals surface area contributed by atoms with Crippen LogP contribution in [0.25, 0.3) is 0 Å². The van der Waals surface area contributed by atoms with Crippen molar-refractivity contribution in [2.45, 2.75) is 36.9 Å². The fourth-order valence-corrected chi connectivity index (χ4v) is 5.05. The van der Waals surface area contributed by atoms with Crippen molar-refractivity contribution in [2.24, 2.45) is 0 Å². The van der Waals surface area contributed by atoms with Crippen molar-refractivity contribution < 1.29 is 27.5 Å². The molecule has 2 atom stereocenters. The molecule has 1 saturated carbocycles. The molecule has 39 heavy (non-hydrogen) atoms. The standard InChI is InChI=1S/C27H25ClF3N5O3/c28-21-8-2-1-7-20(21)23(24(37)34-18-14-27(30,31)15-18)36(19-6-3-5-17(29)13-19)25(38)22-16-39-12-11-35(22)26-32-9-4-10-33-26/h1-10,13,18,22-23H,11-12,14-16H2,(H,34,37)/t22-,23?/m0/s1. The van der Waals surface area contributed by atoms with Gasteiger partial charge in [-0.25, -0.2) is 23.1 Å². The fourth-order valence-electron chi connectivity index (χ4n) is 4.82. The van der Waals surface area contributed by atoms with Gasteiger partial charge in [-0.15, -0.1) is 0 Å². The van der Waals surface area contributed by atoms with Crippen LogP contribution in [0, 0.1) is 5.82 Å². The molecule has 0 bridgehead atoms. The second kappa shape index (κ2) is 11.2. The third kappa shape index (κ3) is 5.84. The van der Waals surface area contributed by atoms with Gasteiger partial charge in [0.05, 0.1) is 13.2 Å². The fraction of sp³-hybridized carbons (Fsp3) is 0.333. The van der Waals surface area contributed by atoms with Gasteiger partial charge in [0.2, 0.25) is 11.9 Å². The third-order valence-corrected chi connectivity index (χ3v) is 7.03. The Morgan fingerprint density at radius 2 is 1.85 bits per heavy atom. The normalized spacial score (nSPS) is 19.6. The van der Waals surface area contributed by atoms with Gasteiger partial charge in [-0.2, -0.15) is 0 Å². The van der Waals surface area contributed by atoms with Crippen molar-refractivity contribution in [1.29, 1.82) is 0 Å². The number of amides is 2. The lowest BCUT2D eigenvalue weighted by atomic mass is 9.87. The number of carbonyl (C=O) groups excluding carboxylic acids is 2. The van der Waals surface area contributed by atoms with E-state index >= 15 is 0 Å². The van der Waals surface area contributed by atoms with Gasteiger partial charge in [-0.1, -0.05) is 35.9 Å². The maximum atomic E-state index is 14.5. The van der Waals surface area contributed by atoms with E-state index in [9.17, 15) is 22.8 Å². The van der Waals surface area contributed by atoms with Crippen LogP contribution in [0.5, 0.6) is 0 Å². The lowest BCUT2D eigenvalue weighted by Crippen LogP contribution is -2.59. The summed E-state index contributed by atoms with van der Waals surface area (Å²) in [7, 11) is 0. The predicted octanol–water partition coefficient (Wildman–Crippen LogP) is 4.16. The topological polar surface area (TPSA) is 87.7 Å². The van der Waals surface area contributed by atoms with E-state index in [0.29, 0.717) is 6.61 Å². The SMILES string of the molecule is O=C(NC1CC(F)(F)C1)C(c1ccccc1Cl)N(C(=O)[C@@H]1COCCN1c1ncccn1)c1cccc(F)c1. The Morgan fingerprint density at radius 3 is 2.54 bits per heavy atom. The van der Waals surface area contributed by atoms with Crippen LogP contribution in [-0.4, -0.2) is 59.5 Å². The van der Waals surface area contributed by atoms with Gasteiger partial charge in [0.15, 0.2) is 0 Å². The lowest BCUT2D eigenvalue weighted by Gasteiger charge is -2.41. The molecule has 1 aliphatic heterocycles. The van der Waals surface area contributed by atoms with Crippen LogP contribution < -0.4 is 15.1 Å². The summed E-state index contributed by atoms with van der Waals surface area (Å²) >= 11 is 6.50. The van der Waals surface area contributed by atoms with E-state index in [1.807, 2.05) is 0 Å². The van der Waals surface area contributed by atoms with Gasteiger partial charge in [-0.3, -0.25) is 14.5 Å². The quantitative estimate of drug-likeness (QED) is 0.468. The van der Waals surface area contributed by atoms with E-state index in [1.165, 1.54) is 30.6 Å². The van der Waals surface area contributed by atoms with Crippen LogP contribution in [0.3, 0.4) is 0 Å². The summed E-state index contributed by atoms with van der Waals surface area (Å²) in [4.78, 5) is 39.5. The first kappa shape index (κ1) is 26.9. The largest absolute Gasteiger partial charge is 0.377 e. The number of hydrogen-bond donors (Lipinski definition) is 1. The first-order valence-corrected chi connectivity index (χ1v) is 12.7. The Kier molecular flexibility index (Phi) is 7.72. The summed E-state index contributed by atoms with van der Waals surface area (Å²) < 4.78 is 47.2. The van der Waals surface area contributed by atoms with E-state index in [2.05, 4.69) is 15.3 Å². The summed E-state index contributed by atoms with van der Waals surface area (Å²) in [6.45, 7) is 0.554. The minimum absolute atomic E-state index is 0.0470. The average molecular weight is 560 g/mol. The number of benzene rings is 2. The molecule has 2 aromatic carbocycles. The molecule has 0 spiro atoms. The second-order valence-corrected chi connectivity index (χ2v) is 9.82. The van der Waals surface area contributed by atoms with E-state index in [0.717, 1.165) is 11.0 Å². The number of aromatic nitrogens is 2. The number of carbonyl (C=O) groups is 2. The number of hydrogen-bond acceptors (Lipinski definition) is 6. The van der Waals surface area contributed by atoms with Crippen LogP contribution in [-0.2, 0) is 14.3 Å². The van der Waals surface area contributed by atoms with Crippen molar-refractivity contribution in [3.63, 3.8) is 0 Å². The number of nitrogens with zero attached hydrogens (tertiary/aromatic N) is 4. The zero-order chi connectivity index (χ0) is 27.6. The number of morpholine rings is 1. The number of anilines is 2. The summed E-state index contributed by atoms with van der Waals surface area (Å²) in [5.74, 6) is -4.54. The first-order valence-electron chi connectivity index (χ1n) is 12.4. The molecular weight excluding hydrogens is 535 g/mol. The Bertz CT molecular complexity index is 1340. The molecule has 8 nitrogen and oxygen atoms in total. The minimum atomic E-state index is -2.87. The zero-order valence-electron chi connectivity index (χ0n) is 20.6. The summed E-state index contributed by atoms with van der Waals surface area (Å²) in [6, 6.07) is 10.1. The van der Waals surface area contributed by atoms with Gasteiger partial charge >= 0.3 is 0 Å². The first-order chi connectivity index (χ1) is 18.7. The number of ether oxygens (including phenoxy) is 1. The monoisotopic (exact) mass is 559 g/mol. The Morgan fingerprint density at radius 1 is 1.10 bits per heavy atom. The lowest BCUT2D eigenvalue weighted by molar-refractivity contribution is -0.133. The molecule has 12 heteroatoms. The Hall–Kier alpha value is -3.70. The molecule has 2 amide bonds. The van der Waals surface area contributed by atoms with Crippen molar-refractivity contribution in [3.05, 3.63) is 83.4 Å². The molecule has 1 aliphatic carbocycles. The maximum Gasteiger partial charge on any atom is 0.253 e. The predicted molar refractivity (Wildman–Crippen MR) is 138 cm³/mol. The molecule has 2 heterocycles. The highest BCUT2D eigenvalue weighted by Gasteiger charge is 2.48. The summed E-state index contributed by atoms with van der Waals surface area (Å²) in [5.41, 5.74) is 0.332.